The van der Waals surface area contributed by atoms with Crippen molar-refractivity contribution in [2.45, 2.75) is 0 Å². The fourth-order valence-corrected chi connectivity index (χ4v) is 2.92. The summed E-state index contributed by atoms with van der Waals surface area (Å²) < 4.78 is 26.8. The maximum absolute atomic E-state index is 13.4. The molecule has 0 bridgehead atoms. The highest BCUT2D eigenvalue weighted by atomic mass is 19.1. The molecule has 140 valence electrons. The molecule has 0 radical (unpaired) electrons. The SMILES string of the molecule is C#CC(=O)Nc1ccc2nc(-c3ccc(F)cc3)c(-c3ccc(F)cc3)nc2c1. The van der Waals surface area contributed by atoms with Crippen molar-refractivity contribution in [2.75, 3.05) is 5.32 Å². The lowest BCUT2D eigenvalue weighted by atomic mass is 10.0. The fraction of sp³-hybridized carbons (Fsp3) is 0. The zero-order valence-electron chi connectivity index (χ0n) is 15.0. The Kier molecular flexibility index (Phi) is 4.71. The van der Waals surface area contributed by atoms with Crippen LogP contribution in [0.5, 0.6) is 0 Å². The maximum Gasteiger partial charge on any atom is 0.300 e. The van der Waals surface area contributed by atoms with Gasteiger partial charge in [0.15, 0.2) is 0 Å². The number of aromatic nitrogens is 2. The number of fused-ring (bicyclic) bond motifs is 1. The summed E-state index contributed by atoms with van der Waals surface area (Å²) in [6.45, 7) is 0. The monoisotopic (exact) mass is 385 g/mol. The Morgan fingerprint density at radius 3 is 1.83 bits per heavy atom. The Morgan fingerprint density at radius 2 is 1.31 bits per heavy atom. The van der Waals surface area contributed by atoms with Gasteiger partial charge in [-0.05, 0) is 72.7 Å². The lowest BCUT2D eigenvalue weighted by Crippen LogP contribution is -2.08. The van der Waals surface area contributed by atoms with E-state index in [9.17, 15) is 13.6 Å². The van der Waals surface area contributed by atoms with E-state index >= 15 is 0 Å². The topological polar surface area (TPSA) is 54.9 Å². The number of carbonyl (C=O) groups is 1. The van der Waals surface area contributed by atoms with Crippen molar-refractivity contribution < 1.29 is 13.6 Å². The number of hydrogen-bond donors (Lipinski definition) is 1. The highest BCUT2D eigenvalue weighted by Crippen LogP contribution is 2.32. The van der Waals surface area contributed by atoms with Gasteiger partial charge in [-0.2, -0.15) is 0 Å². The van der Waals surface area contributed by atoms with Crippen LogP contribution in [0.25, 0.3) is 33.5 Å². The third-order valence-electron chi connectivity index (χ3n) is 4.29. The van der Waals surface area contributed by atoms with E-state index in [2.05, 4.69) is 15.3 Å². The van der Waals surface area contributed by atoms with Crippen molar-refractivity contribution >= 4 is 22.6 Å². The number of amides is 1. The number of nitrogens with one attached hydrogen (secondary N) is 1. The number of terminal acetylenes is 1. The summed E-state index contributed by atoms with van der Waals surface area (Å²) in [4.78, 5) is 20.8. The van der Waals surface area contributed by atoms with Gasteiger partial charge in [0, 0.05) is 16.8 Å². The first kappa shape index (κ1) is 18.3. The normalized spacial score (nSPS) is 10.5. The summed E-state index contributed by atoms with van der Waals surface area (Å²) in [6.07, 6.45) is 5.09. The molecule has 0 aliphatic carbocycles. The minimum absolute atomic E-state index is 0.361. The van der Waals surface area contributed by atoms with Crippen LogP contribution in [-0.2, 0) is 4.79 Å². The largest absolute Gasteiger partial charge is 0.315 e. The summed E-state index contributed by atoms with van der Waals surface area (Å²) in [5, 5.41) is 2.57. The number of benzene rings is 3. The molecule has 0 spiro atoms. The van der Waals surface area contributed by atoms with Gasteiger partial charge in [-0.15, -0.1) is 6.42 Å². The predicted octanol–water partition coefficient (Wildman–Crippen LogP) is 4.81. The highest BCUT2D eigenvalue weighted by molar-refractivity contribution is 6.04. The van der Waals surface area contributed by atoms with Crippen LogP contribution in [0.1, 0.15) is 0 Å². The summed E-state index contributed by atoms with van der Waals surface area (Å²) in [5.41, 5.74) is 3.94. The third-order valence-corrected chi connectivity index (χ3v) is 4.29. The van der Waals surface area contributed by atoms with Crippen LogP contribution in [0.4, 0.5) is 14.5 Å². The van der Waals surface area contributed by atoms with Gasteiger partial charge in [0.05, 0.1) is 22.4 Å². The van der Waals surface area contributed by atoms with E-state index in [4.69, 9.17) is 6.42 Å². The van der Waals surface area contributed by atoms with Gasteiger partial charge in [-0.25, -0.2) is 18.7 Å². The van der Waals surface area contributed by atoms with Crippen LogP contribution >= 0.6 is 0 Å². The molecule has 1 aromatic heterocycles. The van der Waals surface area contributed by atoms with E-state index in [-0.39, 0.29) is 11.6 Å². The Hall–Kier alpha value is -4.11. The van der Waals surface area contributed by atoms with Gasteiger partial charge in [0.25, 0.3) is 5.91 Å². The zero-order chi connectivity index (χ0) is 20.4. The summed E-state index contributed by atoms with van der Waals surface area (Å²) in [6, 6.07) is 16.8. The molecule has 0 saturated heterocycles. The number of rotatable bonds is 3. The quantitative estimate of drug-likeness (QED) is 0.515. The standard InChI is InChI=1S/C23H13F2N3O/c1-2-21(29)26-18-11-12-19-20(13-18)28-23(15-5-9-17(25)10-6-15)22(27-19)14-3-7-16(24)8-4-14/h1,3-13H,(H,26,29). The van der Waals surface area contributed by atoms with Crippen LogP contribution in [-0.4, -0.2) is 15.9 Å². The maximum atomic E-state index is 13.4. The summed E-state index contributed by atoms with van der Waals surface area (Å²) in [5.74, 6) is 0.685. The molecule has 0 aliphatic rings. The number of carbonyl (C=O) groups excluding carboxylic acids is 1. The average molecular weight is 385 g/mol. The first-order valence-corrected chi connectivity index (χ1v) is 8.65. The molecular weight excluding hydrogens is 372 g/mol. The fourth-order valence-electron chi connectivity index (χ4n) is 2.92. The van der Waals surface area contributed by atoms with Crippen LogP contribution in [0, 0.1) is 24.0 Å². The van der Waals surface area contributed by atoms with Crippen molar-refractivity contribution in [1.29, 1.82) is 0 Å². The molecule has 29 heavy (non-hydrogen) atoms. The lowest BCUT2D eigenvalue weighted by Gasteiger charge is -2.11. The third kappa shape index (κ3) is 3.80. The van der Waals surface area contributed by atoms with E-state index in [1.807, 2.05) is 5.92 Å². The molecule has 1 amide bonds. The lowest BCUT2D eigenvalue weighted by molar-refractivity contribution is -0.111. The summed E-state index contributed by atoms with van der Waals surface area (Å²) in [7, 11) is 0. The average Bonchev–Trinajstić information content (AvgIpc) is 2.74. The van der Waals surface area contributed by atoms with E-state index in [0.717, 1.165) is 0 Å². The smallest absolute Gasteiger partial charge is 0.300 e. The molecule has 6 heteroatoms. The van der Waals surface area contributed by atoms with Gasteiger partial charge in [0.1, 0.15) is 11.6 Å². The first-order chi connectivity index (χ1) is 14.0. The second-order valence-electron chi connectivity index (χ2n) is 6.24. The van der Waals surface area contributed by atoms with Gasteiger partial charge >= 0.3 is 0 Å². The second-order valence-corrected chi connectivity index (χ2v) is 6.24. The van der Waals surface area contributed by atoms with Gasteiger partial charge in [0.2, 0.25) is 0 Å². The Labute approximate surface area is 165 Å². The minimum atomic E-state index is -0.570. The van der Waals surface area contributed by atoms with Crippen molar-refractivity contribution in [1.82, 2.24) is 9.97 Å². The Morgan fingerprint density at radius 1 is 0.793 bits per heavy atom. The highest BCUT2D eigenvalue weighted by Gasteiger charge is 2.14. The van der Waals surface area contributed by atoms with Crippen LogP contribution in [0.15, 0.2) is 66.7 Å². The molecule has 3 aromatic carbocycles. The van der Waals surface area contributed by atoms with E-state index in [1.165, 1.54) is 24.3 Å². The molecule has 4 aromatic rings. The number of halogens is 2. The zero-order valence-corrected chi connectivity index (χ0v) is 15.0. The molecule has 4 nitrogen and oxygen atoms in total. The molecule has 0 saturated carbocycles. The molecule has 0 fully saturated rings. The van der Waals surface area contributed by atoms with Crippen LogP contribution in [0.2, 0.25) is 0 Å². The molecule has 1 N–H and O–H groups in total. The number of nitrogens with zero attached hydrogens (tertiary/aromatic N) is 2. The molecule has 0 unspecified atom stereocenters. The summed E-state index contributed by atoms with van der Waals surface area (Å²) >= 11 is 0. The second kappa shape index (κ2) is 7.49. The van der Waals surface area contributed by atoms with E-state index < -0.39 is 5.91 Å². The number of anilines is 1. The number of hydrogen-bond acceptors (Lipinski definition) is 3. The Bertz CT molecular complexity index is 1260. The van der Waals surface area contributed by atoms with Gasteiger partial charge in [-0.1, -0.05) is 0 Å². The molecule has 1 heterocycles. The van der Waals surface area contributed by atoms with Crippen molar-refractivity contribution in [3.8, 4) is 34.9 Å². The molecule has 0 aliphatic heterocycles. The van der Waals surface area contributed by atoms with Crippen molar-refractivity contribution in [3.63, 3.8) is 0 Å². The van der Waals surface area contributed by atoms with Crippen molar-refractivity contribution in [2.24, 2.45) is 0 Å². The van der Waals surface area contributed by atoms with E-state index in [1.54, 1.807) is 42.5 Å². The van der Waals surface area contributed by atoms with Crippen molar-refractivity contribution in [3.05, 3.63) is 78.4 Å². The predicted molar refractivity (Wildman–Crippen MR) is 108 cm³/mol. The Balaban J connectivity index is 1.92. The minimum Gasteiger partial charge on any atom is -0.315 e. The van der Waals surface area contributed by atoms with Crippen LogP contribution < -0.4 is 5.32 Å². The van der Waals surface area contributed by atoms with Crippen LogP contribution in [0.3, 0.4) is 0 Å². The van der Waals surface area contributed by atoms with Gasteiger partial charge in [-0.3, -0.25) is 4.79 Å². The van der Waals surface area contributed by atoms with E-state index in [0.29, 0.717) is 39.2 Å². The van der Waals surface area contributed by atoms with Gasteiger partial charge < -0.3 is 5.32 Å². The first-order valence-electron chi connectivity index (χ1n) is 8.65. The molecule has 4 rings (SSSR count). The molecule has 0 atom stereocenters. The molecular formula is C23H13F2N3O.